The predicted octanol–water partition coefficient (Wildman–Crippen LogP) is 2.49. The number of rotatable bonds is 6. The fourth-order valence-corrected chi connectivity index (χ4v) is 5.54. The van der Waals surface area contributed by atoms with E-state index in [0.717, 1.165) is 84.9 Å². The fraction of sp³-hybridized carbons (Fsp3) is 0.519. The number of carbonyl (C=O) groups excluding carboxylic acids is 1. The van der Waals surface area contributed by atoms with Crippen molar-refractivity contribution in [3.8, 4) is 17.0 Å². The number of anilines is 1. The zero-order valence-electron chi connectivity index (χ0n) is 21.4. The first-order valence-corrected chi connectivity index (χ1v) is 12.9. The van der Waals surface area contributed by atoms with Gasteiger partial charge in [-0.1, -0.05) is 0 Å². The first-order chi connectivity index (χ1) is 18.0. The average Bonchev–Trinajstić information content (AvgIpc) is 3.49. The molecule has 10 heteroatoms. The lowest BCUT2D eigenvalue weighted by atomic mass is 9.89. The van der Waals surface area contributed by atoms with Crippen molar-refractivity contribution in [2.75, 3.05) is 64.6 Å². The molecule has 3 aromatic rings. The van der Waals surface area contributed by atoms with Gasteiger partial charge in [-0.05, 0) is 6.07 Å². The summed E-state index contributed by atoms with van der Waals surface area (Å²) in [5.74, 6) is 1.21. The van der Waals surface area contributed by atoms with Gasteiger partial charge in [0.25, 0.3) is 0 Å². The van der Waals surface area contributed by atoms with E-state index in [-0.39, 0.29) is 5.91 Å². The van der Waals surface area contributed by atoms with Gasteiger partial charge in [0, 0.05) is 81.8 Å². The van der Waals surface area contributed by atoms with Gasteiger partial charge in [0.05, 0.1) is 49.5 Å². The highest BCUT2D eigenvalue weighted by molar-refractivity contribution is 5.98. The summed E-state index contributed by atoms with van der Waals surface area (Å²) >= 11 is 0. The molecule has 0 radical (unpaired) electrons. The molecule has 6 rings (SSSR count). The van der Waals surface area contributed by atoms with Crippen LogP contribution in [-0.2, 0) is 38.1 Å². The molecule has 1 N–H and O–H groups in total. The molecule has 1 unspecified atom stereocenters. The van der Waals surface area contributed by atoms with Crippen molar-refractivity contribution in [1.82, 2.24) is 19.4 Å². The highest BCUT2D eigenvalue weighted by Gasteiger charge is 2.44. The Morgan fingerprint density at radius 3 is 2.84 bits per heavy atom. The molecule has 6 heterocycles. The second-order valence-corrected chi connectivity index (χ2v) is 9.95. The molecule has 0 aliphatic carbocycles. The SMILES string of the molecule is CC(=O)Nc1cc2c(-c3cc(OCCN4CCOCC4)c4c(n3)C3(CCOC3)OCC4)cn(C)c2cn1. The zero-order valence-corrected chi connectivity index (χ0v) is 21.4. The van der Waals surface area contributed by atoms with E-state index in [2.05, 4.69) is 27.5 Å². The lowest BCUT2D eigenvalue weighted by Crippen LogP contribution is -2.39. The standard InChI is InChI=1S/C27H33N5O5/c1-18(33)29-25-13-20-21(16-31(2)23(20)15-28-25)22-14-24(36-12-7-32-5-10-34-11-6-32)19-3-8-37-27(26(19)30-22)4-9-35-17-27/h13-16H,3-12,17H2,1-2H3,(H,28,29,33). The molecule has 3 aliphatic heterocycles. The normalized spacial score (nSPS) is 21.9. The molecular weight excluding hydrogens is 474 g/mol. The van der Waals surface area contributed by atoms with Gasteiger partial charge in [0.1, 0.15) is 23.8 Å². The molecule has 2 fully saturated rings. The number of aromatic nitrogens is 3. The van der Waals surface area contributed by atoms with Crippen molar-refractivity contribution in [3.63, 3.8) is 0 Å². The molecule has 196 valence electrons. The van der Waals surface area contributed by atoms with Crippen LogP contribution < -0.4 is 10.1 Å². The van der Waals surface area contributed by atoms with Gasteiger partial charge in [-0.2, -0.15) is 0 Å². The van der Waals surface area contributed by atoms with Crippen LogP contribution in [0.5, 0.6) is 5.75 Å². The Kier molecular flexibility index (Phi) is 6.58. The van der Waals surface area contributed by atoms with Gasteiger partial charge in [0.2, 0.25) is 5.91 Å². The summed E-state index contributed by atoms with van der Waals surface area (Å²) in [5.41, 5.74) is 4.20. The van der Waals surface area contributed by atoms with Gasteiger partial charge >= 0.3 is 0 Å². The maximum Gasteiger partial charge on any atom is 0.222 e. The number of ether oxygens (including phenoxy) is 4. The smallest absolute Gasteiger partial charge is 0.222 e. The summed E-state index contributed by atoms with van der Waals surface area (Å²) in [4.78, 5) is 23.6. The predicted molar refractivity (Wildman–Crippen MR) is 138 cm³/mol. The maximum atomic E-state index is 11.7. The summed E-state index contributed by atoms with van der Waals surface area (Å²) in [5, 5.41) is 3.75. The van der Waals surface area contributed by atoms with Crippen molar-refractivity contribution < 1.29 is 23.7 Å². The Labute approximate surface area is 215 Å². The van der Waals surface area contributed by atoms with Crippen LogP contribution in [0.3, 0.4) is 0 Å². The van der Waals surface area contributed by atoms with E-state index in [1.165, 1.54) is 6.92 Å². The maximum absolute atomic E-state index is 11.7. The zero-order chi connectivity index (χ0) is 25.4. The van der Waals surface area contributed by atoms with Crippen LogP contribution >= 0.6 is 0 Å². The highest BCUT2D eigenvalue weighted by Crippen LogP contribution is 2.44. The second kappa shape index (κ2) is 10.0. The van der Waals surface area contributed by atoms with Gasteiger partial charge in [-0.25, -0.2) is 9.97 Å². The fourth-order valence-electron chi connectivity index (χ4n) is 5.54. The van der Waals surface area contributed by atoms with Crippen LogP contribution in [0.4, 0.5) is 5.82 Å². The van der Waals surface area contributed by atoms with Crippen LogP contribution in [0, 0.1) is 0 Å². The van der Waals surface area contributed by atoms with Gasteiger partial charge in [-0.15, -0.1) is 0 Å². The van der Waals surface area contributed by atoms with E-state index >= 15 is 0 Å². The molecule has 10 nitrogen and oxygen atoms in total. The molecule has 1 spiro atoms. The number of aryl methyl sites for hydroxylation is 1. The third-order valence-electron chi connectivity index (χ3n) is 7.46. The third kappa shape index (κ3) is 4.70. The van der Waals surface area contributed by atoms with Crippen molar-refractivity contribution in [1.29, 1.82) is 0 Å². The topological polar surface area (TPSA) is 100.0 Å². The molecule has 1 atom stereocenters. The number of nitrogens with zero attached hydrogens (tertiary/aromatic N) is 4. The number of amides is 1. The minimum atomic E-state index is -0.542. The third-order valence-corrected chi connectivity index (χ3v) is 7.46. The molecule has 1 amide bonds. The Hall–Kier alpha value is -3.05. The average molecular weight is 508 g/mol. The Balaban J connectivity index is 1.41. The second-order valence-electron chi connectivity index (χ2n) is 9.95. The summed E-state index contributed by atoms with van der Waals surface area (Å²) in [6.45, 7) is 8.08. The lowest BCUT2D eigenvalue weighted by Gasteiger charge is -2.35. The lowest BCUT2D eigenvalue weighted by molar-refractivity contribution is -0.114. The van der Waals surface area contributed by atoms with Gasteiger partial charge < -0.3 is 28.8 Å². The minimum absolute atomic E-state index is 0.160. The van der Waals surface area contributed by atoms with Crippen molar-refractivity contribution in [2.45, 2.75) is 25.4 Å². The molecule has 37 heavy (non-hydrogen) atoms. The van der Waals surface area contributed by atoms with Gasteiger partial charge in [0.15, 0.2) is 0 Å². The van der Waals surface area contributed by atoms with E-state index < -0.39 is 5.60 Å². The number of hydrogen-bond acceptors (Lipinski definition) is 8. The summed E-state index contributed by atoms with van der Waals surface area (Å²) in [6.07, 6.45) is 5.36. The van der Waals surface area contributed by atoms with Crippen molar-refractivity contribution in [3.05, 3.63) is 35.8 Å². The molecule has 0 saturated carbocycles. The Bertz CT molecular complexity index is 1310. The largest absolute Gasteiger partial charge is 0.492 e. The number of nitrogens with one attached hydrogen (secondary N) is 1. The number of pyridine rings is 2. The number of morpholine rings is 1. The van der Waals surface area contributed by atoms with Crippen molar-refractivity contribution >= 4 is 22.6 Å². The summed E-state index contributed by atoms with van der Waals surface area (Å²) < 4.78 is 26.1. The Morgan fingerprint density at radius 1 is 1.19 bits per heavy atom. The van der Waals surface area contributed by atoms with Crippen molar-refractivity contribution in [2.24, 2.45) is 7.05 Å². The Morgan fingerprint density at radius 2 is 2.05 bits per heavy atom. The van der Waals surface area contributed by atoms with E-state index in [9.17, 15) is 4.79 Å². The number of fused-ring (bicyclic) bond motifs is 3. The highest BCUT2D eigenvalue weighted by atomic mass is 16.6. The van der Waals surface area contributed by atoms with E-state index in [1.807, 2.05) is 17.7 Å². The molecule has 2 saturated heterocycles. The molecular formula is C27H33N5O5. The van der Waals surface area contributed by atoms with E-state index in [1.54, 1.807) is 6.20 Å². The van der Waals surface area contributed by atoms with Crippen LogP contribution in [0.25, 0.3) is 22.2 Å². The number of carbonyl (C=O) groups is 1. The van der Waals surface area contributed by atoms with Crippen LogP contribution in [0.15, 0.2) is 24.5 Å². The summed E-state index contributed by atoms with van der Waals surface area (Å²) in [7, 11) is 1.99. The van der Waals surface area contributed by atoms with E-state index in [4.69, 9.17) is 23.9 Å². The first-order valence-electron chi connectivity index (χ1n) is 12.9. The molecule has 3 aliphatic rings. The quantitative estimate of drug-likeness (QED) is 0.543. The number of hydrogen-bond donors (Lipinski definition) is 1. The van der Waals surface area contributed by atoms with Gasteiger partial charge in [-0.3, -0.25) is 9.69 Å². The first kappa shape index (κ1) is 24.3. The molecule has 0 aromatic carbocycles. The van der Waals surface area contributed by atoms with E-state index in [0.29, 0.717) is 32.2 Å². The molecule has 3 aromatic heterocycles. The minimum Gasteiger partial charge on any atom is -0.492 e. The summed E-state index contributed by atoms with van der Waals surface area (Å²) in [6, 6.07) is 3.96. The van der Waals surface area contributed by atoms with Crippen LogP contribution in [0.2, 0.25) is 0 Å². The van der Waals surface area contributed by atoms with Crippen LogP contribution in [0.1, 0.15) is 24.6 Å². The monoisotopic (exact) mass is 507 g/mol. The van der Waals surface area contributed by atoms with Crippen LogP contribution in [-0.4, -0.2) is 84.6 Å². The molecule has 0 bridgehead atoms.